The summed E-state index contributed by atoms with van der Waals surface area (Å²) in [6.07, 6.45) is 10.0. The lowest BCUT2D eigenvalue weighted by Gasteiger charge is -2.01. The molecule has 0 aliphatic carbocycles. The number of hydrogen-bond donors (Lipinski definition) is 2. The third-order valence-electron chi connectivity index (χ3n) is 3.09. The number of para-hydroxylation sites is 1. The van der Waals surface area contributed by atoms with E-state index in [0.29, 0.717) is 0 Å². The van der Waals surface area contributed by atoms with Crippen LogP contribution in [0.3, 0.4) is 0 Å². The molecule has 1 aromatic rings. The second-order valence-corrected chi connectivity index (χ2v) is 4.83. The lowest BCUT2D eigenvalue weighted by Crippen LogP contribution is -2.17. The summed E-state index contributed by atoms with van der Waals surface area (Å²) < 4.78 is 0. The Morgan fingerprint density at radius 1 is 1.20 bits per heavy atom. The van der Waals surface area contributed by atoms with E-state index in [-0.39, 0.29) is 17.2 Å². The van der Waals surface area contributed by atoms with Crippen LogP contribution in [0.2, 0.25) is 0 Å². The molecule has 0 atom stereocenters. The molecule has 1 amide bonds. The topological polar surface area (TPSA) is 61.7 Å². The summed E-state index contributed by atoms with van der Waals surface area (Å²) in [6.45, 7) is 2.21. The molecule has 0 aliphatic rings. The average Bonchev–Trinajstić information content (AvgIpc) is 2.46. The second-order valence-electron chi connectivity index (χ2n) is 4.83. The van der Waals surface area contributed by atoms with Gasteiger partial charge in [0, 0.05) is 6.21 Å². The highest BCUT2D eigenvalue weighted by Crippen LogP contribution is 2.14. The monoisotopic (exact) mass is 276 g/mol. The van der Waals surface area contributed by atoms with Crippen LogP contribution in [-0.4, -0.2) is 17.2 Å². The third-order valence-corrected chi connectivity index (χ3v) is 3.09. The van der Waals surface area contributed by atoms with Gasteiger partial charge in [-0.2, -0.15) is 5.10 Å². The lowest BCUT2D eigenvalue weighted by molar-refractivity contribution is 0.0952. The number of rotatable bonds is 9. The zero-order chi connectivity index (χ0) is 14.6. The molecule has 0 spiro atoms. The molecule has 2 N–H and O–H groups in total. The van der Waals surface area contributed by atoms with Crippen molar-refractivity contribution in [2.24, 2.45) is 5.10 Å². The van der Waals surface area contributed by atoms with E-state index in [2.05, 4.69) is 17.5 Å². The molecule has 0 radical (unpaired) electrons. The number of carbonyl (C=O) groups excluding carboxylic acids is 1. The zero-order valence-electron chi connectivity index (χ0n) is 12.1. The number of hydrogen-bond acceptors (Lipinski definition) is 3. The highest BCUT2D eigenvalue weighted by atomic mass is 16.3. The number of carbonyl (C=O) groups is 1. The molecule has 0 saturated heterocycles. The average molecular weight is 276 g/mol. The first kappa shape index (κ1) is 16.2. The predicted octanol–water partition coefficient (Wildman–Crippen LogP) is 3.86. The number of phenols is 1. The number of unbranched alkanes of at least 4 members (excludes halogenated alkanes) is 6. The van der Waals surface area contributed by atoms with Crippen molar-refractivity contribution in [1.82, 2.24) is 5.43 Å². The fourth-order valence-electron chi connectivity index (χ4n) is 1.91. The van der Waals surface area contributed by atoms with E-state index in [1.165, 1.54) is 38.2 Å². The molecule has 0 unspecified atom stereocenters. The van der Waals surface area contributed by atoms with Gasteiger partial charge >= 0.3 is 0 Å². The fourth-order valence-corrected chi connectivity index (χ4v) is 1.91. The Hall–Kier alpha value is -1.84. The van der Waals surface area contributed by atoms with Gasteiger partial charge in [0.25, 0.3) is 5.91 Å². The van der Waals surface area contributed by atoms with E-state index >= 15 is 0 Å². The molecule has 110 valence electrons. The minimum absolute atomic E-state index is 0.0314. The Morgan fingerprint density at radius 3 is 2.65 bits per heavy atom. The summed E-state index contributed by atoms with van der Waals surface area (Å²) >= 11 is 0. The first-order chi connectivity index (χ1) is 9.75. The first-order valence-corrected chi connectivity index (χ1v) is 7.35. The Labute approximate surface area is 120 Å². The van der Waals surface area contributed by atoms with Crippen molar-refractivity contribution in [3.63, 3.8) is 0 Å². The third kappa shape index (κ3) is 6.36. The van der Waals surface area contributed by atoms with E-state index in [4.69, 9.17) is 0 Å². The normalized spacial score (nSPS) is 10.8. The Morgan fingerprint density at radius 2 is 1.90 bits per heavy atom. The Bertz CT molecular complexity index is 430. The molecular weight excluding hydrogens is 252 g/mol. The Balaban J connectivity index is 2.15. The summed E-state index contributed by atoms with van der Waals surface area (Å²) in [5.74, 6) is -0.418. The van der Waals surface area contributed by atoms with Crippen LogP contribution in [-0.2, 0) is 0 Å². The van der Waals surface area contributed by atoms with Gasteiger partial charge in [-0.25, -0.2) is 5.43 Å². The van der Waals surface area contributed by atoms with Crippen molar-refractivity contribution in [2.75, 3.05) is 0 Å². The molecule has 1 rings (SSSR count). The zero-order valence-corrected chi connectivity index (χ0v) is 12.1. The molecule has 0 bridgehead atoms. The number of amides is 1. The number of aromatic hydroxyl groups is 1. The van der Waals surface area contributed by atoms with E-state index < -0.39 is 0 Å². The standard InChI is InChI=1S/C16H24N2O2/c1-2-3-4-5-6-7-10-13-17-18-16(20)14-11-8-9-12-15(14)19/h8-9,11-13,19H,2-7,10H2,1H3,(H,18,20). The number of phenolic OH excluding ortho intramolecular Hbond substituents is 1. The van der Waals surface area contributed by atoms with Crippen LogP contribution in [0, 0.1) is 0 Å². The van der Waals surface area contributed by atoms with Gasteiger partial charge in [-0.1, -0.05) is 51.2 Å². The molecule has 1 aromatic carbocycles. The largest absolute Gasteiger partial charge is 0.507 e. The maximum atomic E-state index is 11.7. The van der Waals surface area contributed by atoms with Crippen molar-refractivity contribution in [3.8, 4) is 5.75 Å². The number of nitrogens with one attached hydrogen (secondary N) is 1. The van der Waals surface area contributed by atoms with Crippen LogP contribution >= 0.6 is 0 Å². The van der Waals surface area contributed by atoms with Gasteiger partial charge in [-0.3, -0.25) is 4.79 Å². The van der Waals surface area contributed by atoms with Gasteiger partial charge in [0.2, 0.25) is 0 Å². The second kappa shape index (κ2) is 10.0. The predicted molar refractivity (Wildman–Crippen MR) is 82.1 cm³/mol. The SMILES string of the molecule is CCCCCCCCC=NNC(=O)c1ccccc1O. The summed E-state index contributed by atoms with van der Waals surface area (Å²) in [5, 5.41) is 13.4. The molecule has 0 aliphatic heterocycles. The van der Waals surface area contributed by atoms with Gasteiger partial charge in [-0.15, -0.1) is 0 Å². The van der Waals surface area contributed by atoms with Crippen molar-refractivity contribution in [1.29, 1.82) is 0 Å². The van der Waals surface area contributed by atoms with E-state index in [1.807, 2.05) is 0 Å². The van der Waals surface area contributed by atoms with Crippen LogP contribution in [0.5, 0.6) is 5.75 Å². The van der Waals surface area contributed by atoms with Crippen molar-refractivity contribution >= 4 is 12.1 Å². The molecule has 0 aromatic heterocycles. The summed E-state index contributed by atoms with van der Waals surface area (Å²) in [4.78, 5) is 11.7. The minimum Gasteiger partial charge on any atom is -0.507 e. The van der Waals surface area contributed by atoms with E-state index in [9.17, 15) is 9.90 Å². The van der Waals surface area contributed by atoms with Gasteiger partial charge < -0.3 is 5.11 Å². The maximum absolute atomic E-state index is 11.7. The minimum atomic E-state index is -0.387. The van der Waals surface area contributed by atoms with Gasteiger partial charge in [-0.05, 0) is 25.0 Å². The molecule has 0 fully saturated rings. The first-order valence-electron chi connectivity index (χ1n) is 7.35. The summed E-state index contributed by atoms with van der Waals surface area (Å²) in [5.41, 5.74) is 2.66. The highest BCUT2D eigenvalue weighted by Gasteiger charge is 2.08. The van der Waals surface area contributed by atoms with Crippen molar-refractivity contribution in [3.05, 3.63) is 29.8 Å². The molecule has 4 heteroatoms. The van der Waals surface area contributed by atoms with Crippen LogP contribution in [0.4, 0.5) is 0 Å². The van der Waals surface area contributed by atoms with Gasteiger partial charge in [0.05, 0.1) is 5.56 Å². The highest BCUT2D eigenvalue weighted by molar-refractivity contribution is 5.96. The van der Waals surface area contributed by atoms with E-state index in [1.54, 1.807) is 24.4 Å². The van der Waals surface area contributed by atoms with Crippen LogP contribution in [0.25, 0.3) is 0 Å². The summed E-state index contributed by atoms with van der Waals surface area (Å²) in [6, 6.07) is 6.42. The molecule has 20 heavy (non-hydrogen) atoms. The van der Waals surface area contributed by atoms with Crippen molar-refractivity contribution < 1.29 is 9.90 Å². The van der Waals surface area contributed by atoms with Gasteiger partial charge in [0.15, 0.2) is 0 Å². The van der Waals surface area contributed by atoms with Crippen molar-refractivity contribution in [2.45, 2.75) is 51.9 Å². The quantitative estimate of drug-likeness (QED) is 0.409. The fraction of sp³-hybridized carbons (Fsp3) is 0.500. The smallest absolute Gasteiger partial charge is 0.275 e. The number of nitrogens with zero attached hydrogens (tertiary/aromatic N) is 1. The molecule has 0 heterocycles. The lowest BCUT2D eigenvalue weighted by atomic mass is 10.1. The number of hydrazone groups is 1. The maximum Gasteiger partial charge on any atom is 0.275 e. The van der Waals surface area contributed by atoms with Crippen LogP contribution < -0.4 is 5.43 Å². The van der Waals surface area contributed by atoms with Gasteiger partial charge in [0.1, 0.15) is 5.75 Å². The molecular formula is C16H24N2O2. The van der Waals surface area contributed by atoms with Crippen LogP contribution in [0.15, 0.2) is 29.4 Å². The van der Waals surface area contributed by atoms with E-state index in [0.717, 1.165) is 12.8 Å². The molecule has 0 saturated carbocycles. The Kier molecular flexibility index (Phi) is 8.11. The number of benzene rings is 1. The van der Waals surface area contributed by atoms with Crippen LogP contribution in [0.1, 0.15) is 62.2 Å². The molecule has 4 nitrogen and oxygen atoms in total. The summed E-state index contributed by atoms with van der Waals surface area (Å²) in [7, 11) is 0.